The molecule has 7 nitrogen and oxygen atoms in total. The Hall–Kier alpha value is -2.58. The van der Waals surface area contributed by atoms with Crippen molar-refractivity contribution in [3.05, 3.63) is 59.7 Å². The second-order valence-electron chi connectivity index (χ2n) is 8.90. The summed E-state index contributed by atoms with van der Waals surface area (Å²) in [6.07, 6.45) is -0.696. The maximum Gasteiger partial charge on any atom is 0.408 e. The number of sulfone groups is 1. The number of aryl methyl sites for hydroxylation is 1. The smallest absolute Gasteiger partial charge is 0.408 e. The Bertz CT molecular complexity index is 1040. The molecular weight excluding hydrogens is 416 g/mol. The van der Waals surface area contributed by atoms with Crippen LogP contribution in [0.25, 0.3) is 0 Å². The van der Waals surface area contributed by atoms with E-state index in [1.54, 1.807) is 76.4 Å². The molecule has 8 heteroatoms. The van der Waals surface area contributed by atoms with E-state index in [2.05, 4.69) is 5.32 Å². The van der Waals surface area contributed by atoms with Crippen LogP contribution < -0.4 is 15.8 Å². The molecule has 168 valence electrons. The van der Waals surface area contributed by atoms with E-state index in [1.165, 1.54) is 0 Å². The zero-order chi connectivity index (χ0) is 23.0. The van der Waals surface area contributed by atoms with E-state index in [1.807, 2.05) is 6.92 Å². The van der Waals surface area contributed by atoms with Gasteiger partial charge in [-0.2, -0.15) is 0 Å². The summed E-state index contributed by atoms with van der Waals surface area (Å²) in [5, 5.41) is 1.87. The first-order valence-electron chi connectivity index (χ1n) is 10.1. The van der Waals surface area contributed by atoms with Crippen LogP contribution in [0.4, 0.5) is 4.79 Å². The summed E-state index contributed by atoms with van der Waals surface area (Å²) in [4.78, 5) is 12.8. The Morgan fingerprint density at radius 2 is 1.68 bits per heavy atom. The van der Waals surface area contributed by atoms with Gasteiger partial charge in [0.25, 0.3) is 0 Å². The Labute approximate surface area is 183 Å². The van der Waals surface area contributed by atoms with Gasteiger partial charge in [-0.05, 0) is 57.5 Å². The first-order valence-corrected chi connectivity index (χ1v) is 11.6. The molecule has 0 radical (unpaired) electrons. The molecule has 0 aliphatic heterocycles. The molecular formula is C23H30N2O5S. The van der Waals surface area contributed by atoms with Crippen LogP contribution >= 0.6 is 0 Å². The van der Waals surface area contributed by atoms with Crippen molar-refractivity contribution < 1.29 is 22.7 Å². The number of alkyl carbamates (subject to hydrolysis) is 1. The van der Waals surface area contributed by atoms with Crippen LogP contribution in [0.3, 0.4) is 0 Å². The summed E-state index contributed by atoms with van der Waals surface area (Å²) in [5.41, 5.74) is 5.90. The molecule has 1 aliphatic rings. The number of ether oxygens (including phenoxy) is 2. The molecule has 1 fully saturated rings. The minimum Gasteiger partial charge on any atom is -0.497 e. The predicted octanol–water partition coefficient (Wildman–Crippen LogP) is 3.17. The highest BCUT2D eigenvalue weighted by Gasteiger charge is 2.71. The Balaban J connectivity index is 2.03. The van der Waals surface area contributed by atoms with E-state index in [-0.39, 0.29) is 11.4 Å². The number of benzene rings is 2. The molecule has 1 saturated carbocycles. The highest BCUT2D eigenvalue weighted by atomic mass is 32.2. The summed E-state index contributed by atoms with van der Waals surface area (Å²) in [6.45, 7) is 7.07. The molecule has 0 spiro atoms. The maximum atomic E-state index is 13.6. The molecule has 2 aromatic carbocycles. The molecule has 1 amide bonds. The summed E-state index contributed by atoms with van der Waals surface area (Å²) < 4.78 is 37.8. The Morgan fingerprint density at radius 1 is 1.10 bits per heavy atom. The van der Waals surface area contributed by atoms with E-state index in [9.17, 15) is 13.2 Å². The predicted molar refractivity (Wildman–Crippen MR) is 119 cm³/mol. The minimum atomic E-state index is -3.79. The van der Waals surface area contributed by atoms with Crippen LogP contribution in [0.2, 0.25) is 0 Å². The van der Waals surface area contributed by atoms with Crippen LogP contribution in [0.1, 0.15) is 37.8 Å². The monoisotopic (exact) mass is 446 g/mol. The van der Waals surface area contributed by atoms with Gasteiger partial charge in [-0.25, -0.2) is 13.2 Å². The standard InChI is InChI=1S/C23H30N2O5S/c1-15-6-12-18(13-7-15)31(27,28)20-19(16-8-10-17(29-5)11-9-16)23(20,14-24)25-21(26)30-22(2,3)4/h6-13,19-20H,14,24H2,1-5H3,(H,25,26)/t19-,20-,23-/m1/s1. The quantitative estimate of drug-likeness (QED) is 0.706. The molecule has 3 atom stereocenters. The van der Waals surface area contributed by atoms with Crippen molar-refractivity contribution in [2.45, 2.75) is 54.9 Å². The number of amides is 1. The molecule has 0 heterocycles. The molecule has 1 aliphatic carbocycles. The summed E-state index contributed by atoms with van der Waals surface area (Å²) in [7, 11) is -2.23. The lowest BCUT2D eigenvalue weighted by Gasteiger charge is -2.24. The van der Waals surface area contributed by atoms with Gasteiger partial charge in [0.1, 0.15) is 16.6 Å². The topological polar surface area (TPSA) is 108 Å². The summed E-state index contributed by atoms with van der Waals surface area (Å²) in [5.74, 6) is 0.128. The van der Waals surface area contributed by atoms with Crippen molar-refractivity contribution in [2.75, 3.05) is 13.7 Å². The molecule has 0 saturated heterocycles. The van der Waals surface area contributed by atoms with Gasteiger partial charge in [-0.3, -0.25) is 0 Å². The zero-order valence-electron chi connectivity index (χ0n) is 18.5. The van der Waals surface area contributed by atoms with Gasteiger partial charge < -0.3 is 20.5 Å². The molecule has 31 heavy (non-hydrogen) atoms. The van der Waals surface area contributed by atoms with Crippen molar-refractivity contribution in [2.24, 2.45) is 5.73 Å². The third-order valence-corrected chi connectivity index (χ3v) is 7.78. The fourth-order valence-electron chi connectivity index (χ4n) is 3.96. The molecule has 0 unspecified atom stereocenters. The van der Waals surface area contributed by atoms with E-state index >= 15 is 0 Å². The molecule has 2 aromatic rings. The van der Waals surface area contributed by atoms with Gasteiger partial charge in [0.2, 0.25) is 0 Å². The normalized spacial score (nSPS) is 23.2. The molecule has 3 rings (SSSR count). The number of nitrogens with two attached hydrogens (primary N) is 1. The highest BCUT2D eigenvalue weighted by Crippen LogP contribution is 2.57. The Morgan fingerprint density at radius 3 is 2.16 bits per heavy atom. The Kier molecular flexibility index (Phi) is 6.08. The van der Waals surface area contributed by atoms with Crippen molar-refractivity contribution in [1.82, 2.24) is 5.32 Å². The fourth-order valence-corrected chi connectivity index (χ4v) is 6.30. The van der Waals surface area contributed by atoms with E-state index < -0.39 is 38.2 Å². The molecule has 0 aromatic heterocycles. The van der Waals surface area contributed by atoms with Crippen LogP contribution in [0, 0.1) is 6.92 Å². The number of carbonyl (C=O) groups excluding carboxylic acids is 1. The van der Waals surface area contributed by atoms with Gasteiger partial charge in [0, 0.05) is 12.5 Å². The average Bonchev–Trinajstić information content (AvgIpc) is 3.36. The lowest BCUT2D eigenvalue weighted by Crippen LogP contribution is -2.49. The van der Waals surface area contributed by atoms with Gasteiger partial charge in [-0.1, -0.05) is 29.8 Å². The van der Waals surface area contributed by atoms with Crippen LogP contribution in [-0.4, -0.2) is 44.6 Å². The van der Waals surface area contributed by atoms with Crippen molar-refractivity contribution in [3.63, 3.8) is 0 Å². The minimum absolute atomic E-state index is 0.0568. The number of hydrogen-bond acceptors (Lipinski definition) is 6. The largest absolute Gasteiger partial charge is 0.497 e. The van der Waals surface area contributed by atoms with E-state index in [4.69, 9.17) is 15.2 Å². The number of rotatable bonds is 6. The lowest BCUT2D eigenvalue weighted by atomic mass is 10.1. The number of nitrogens with one attached hydrogen (secondary N) is 1. The fraction of sp³-hybridized carbons (Fsp3) is 0.435. The van der Waals surface area contributed by atoms with E-state index in [0.717, 1.165) is 11.1 Å². The van der Waals surface area contributed by atoms with Gasteiger partial charge in [-0.15, -0.1) is 0 Å². The molecule has 0 bridgehead atoms. The summed E-state index contributed by atoms with van der Waals surface area (Å²) in [6, 6.07) is 13.8. The lowest BCUT2D eigenvalue weighted by molar-refractivity contribution is 0.0497. The zero-order valence-corrected chi connectivity index (χ0v) is 19.3. The van der Waals surface area contributed by atoms with Crippen LogP contribution in [-0.2, 0) is 14.6 Å². The van der Waals surface area contributed by atoms with Gasteiger partial charge in [0.05, 0.1) is 17.5 Å². The third kappa shape index (κ3) is 4.55. The second-order valence-corrected chi connectivity index (χ2v) is 11.0. The average molecular weight is 447 g/mol. The number of methoxy groups -OCH3 is 1. The van der Waals surface area contributed by atoms with E-state index in [0.29, 0.717) is 5.75 Å². The number of hydrogen-bond donors (Lipinski definition) is 2. The van der Waals surface area contributed by atoms with Crippen molar-refractivity contribution in [3.8, 4) is 5.75 Å². The third-order valence-electron chi connectivity index (χ3n) is 5.49. The van der Waals surface area contributed by atoms with Crippen LogP contribution in [0.5, 0.6) is 5.75 Å². The summed E-state index contributed by atoms with van der Waals surface area (Å²) >= 11 is 0. The van der Waals surface area contributed by atoms with Gasteiger partial charge in [0.15, 0.2) is 9.84 Å². The number of carbonyl (C=O) groups is 1. The first-order chi connectivity index (χ1) is 14.4. The maximum absolute atomic E-state index is 13.6. The van der Waals surface area contributed by atoms with Crippen molar-refractivity contribution >= 4 is 15.9 Å². The van der Waals surface area contributed by atoms with Crippen molar-refractivity contribution in [1.29, 1.82) is 0 Å². The molecule has 3 N–H and O–H groups in total. The van der Waals surface area contributed by atoms with Crippen LogP contribution in [0.15, 0.2) is 53.4 Å². The second kappa shape index (κ2) is 8.16. The SMILES string of the molecule is COc1ccc([C@@H]2[C@@H](S(=O)(=O)c3ccc(C)cc3)[C@]2(CN)NC(=O)OC(C)(C)C)cc1. The first kappa shape index (κ1) is 23.1. The highest BCUT2D eigenvalue weighted by molar-refractivity contribution is 7.92. The van der Waals surface area contributed by atoms with Gasteiger partial charge >= 0.3 is 6.09 Å².